The lowest BCUT2D eigenvalue weighted by Gasteiger charge is -2.20. The summed E-state index contributed by atoms with van der Waals surface area (Å²) in [5.74, 6) is 0.709. The second-order valence-electron chi connectivity index (χ2n) is 5.51. The van der Waals surface area contributed by atoms with Gasteiger partial charge in [0, 0.05) is 12.1 Å². The molecule has 0 aliphatic rings. The largest absolute Gasteiger partial charge is 0.495 e. The van der Waals surface area contributed by atoms with Gasteiger partial charge in [-0.25, -0.2) is 0 Å². The average Bonchev–Trinajstić information content (AvgIpc) is 2.32. The van der Waals surface area contributed by atoms with Gasteiger partial charge < -0.3 is 14.8 Å². The van der Waals surface area contributed by atoms with Gasteiger partial charge in [0.1, 0.15) is 5.75 Å². The van der Waals surface area contributed by atoms with Crippen molar-refractivity contribution in [1.29, 1.82) is 0 Å². The van der Waals surface area contributed by atoms with Gasteiger partial charge in [-0.3, -0.25) is 0 Å². The van der Waals surface area contributed by atoms with Crippen LogP contribution in [0.2, 0.25) is 5.02 Å². The first-order chi connectivity index (χ1) is 8.92. The van der Waals surface area contributed by atoms with Crippen molar-refractivity contribution in [3.63, 3.8) is 0 Å². The zero-order valence-corrected chi connectivity index (χ0v) is 13.0. The maximum atomic E-state index is 6.07. The summed E-state index contributed by atoms with van der Waals surface area (Å²) in [5, 5.41) is 4.03. The Bertz CT molecular complexity index is 388. The number of ether oxygens (including phenoxy) is 2. The van der Waals surface area contributed by atoms with Crippen LogP contribution in [-0.4, -0.2) is 32.4 Å². The van der Waals surface area contributed by atoms with Crippen LogP contribution >= 0.6 is 11.6 Å². The Morgan fingerprint density at radius 2 is 1.95 bits per heavy atom. The summed E-state index contributed by atoms with van der Waals surface area (Å²) in [6.45, 7) is 8.73. The Labute approximate surface area is 121 Å². The molecule has 19 heavy (non-hydrogen) atoms. The fraction of sp³-hybridized carbons (Fsp3) is 0.600. The van der Waals surface area contributed by atoms with Gasteiger partial charge in [-0.15, -0.1) is 0 Å². The van der Waals surface area contributed by atoms with Crippen LogP contribution in [0.5, 0.6) is 5.75 Å². The molecule has 0 amide bonds. The normalized spacial score (nSPS) is 11.6. The third-order valence-electron chi connectivity index (χ3n) is 2.65. The first-order valence-electron chi connectivity index (χ1n) is 6.57. The fourth-order valence-corrected chi connectivity index (χ4v) is 1.94. The maximum absolute atomic E-state index is 6.07. The van der Waals surface area contributed by atoms with Crippen molar-refractivity contribution in [2.45, 2.75) is 32.7 Å². The number of methoxy groups -OCH3 is 1. The number of nitrogens with one attached hydrogen (secondary N) is 1. The molecule has 1 rings (SSSR count). The van der Waals surface area contributed by atoms with E-state index in [2.05, 4.69) is 26.1 Å². The molecule has 1 N–H and O–H groups in total. The molecule has 0 saturated heterocycles. The fourth-order valence-electron chi connectivity index (χ4n) is 1.66. The summed E-state index contributed by atoms with van der Waals surface area (Å²) >= 11 is 6.07. The Balaban J connectivity index is 2.21. The molecule has 0 saturated carbocycles. The maximum Gasteiger partial charge on any atom is 0.137 e. The van der Waals surface area contributed by atoms with E-state index >= 15 is 0 Å². The molecule has 0 aliphatic heterocycles. The Hall–Kier alpha value is -0.770. The SMILES string of the molecule is COc1ccc(CCOCCNC(C)(C)C)cc1Cl. The molecule has 4 heteroatoms. The number of benzene rings is 1. The molecule has 3 nitrogen and oxygen atoms in total. The molecule has 0 fully saturated rings. The van der Waals surface area contributed by atoms with Gasteiger partial charge in [0.05, 0.1) is 25.3 Å². The van der Waals surface area contributed by atoms with Crippen molar-refractivity contribution in [3.05, 3.63) is 28.8 Å². The number of rotatable bonds is 7. The predicted octanol–water partition coefficient (Wildman–Crippen LogP) is 3.30. The van der Waals surface area contributed by atoms with Crippen LogP contribution in [0.1, 0.15) is 26.3 Å². The van der Waals surface area contributed by atoms with E-state index in [-0.39, 0.29) is 5.54 Å². The molecule has 0 radical (unpaired) electrons. The van der Waals surface area contributed by atoms with Gasteiger partial charge in [0.2, 0.25) is 0 Å². The van der Waals surface area contributed by atoms with Crippen LogP contribution in [0.25, 0.3) is 0 Å². The Morgan fingerprint density at radius 1 is 1.21 bits per heavy atom. The first-order valence-corrected chi connectivity index (χ1v) is 6.95. The highest BCUT2D eigenvalue weighted by atomic mass is 35.5. The lowest BCUT2D eigenvalue weighted by molar-refractivity contribution is 0.133. The minimum atomic E-state index is 0.146. The van der Waals surface area contributed by atoms with Gasteiger partial charge >= 0.3 is 0 Å². The van der Waals surface area contributed by atoms with Crippen molar-refractivity contribution in [2.75, 3.05) is 26.9 Å². The molecule has 0 unspecified atom stereocenters. The minimum absolute atomic E-state index is 0.146. The van der Waals surface area contributed by atoms with Gasteiger partial charge in [0.15, 0.2) is 0 Å². The molecule has 0 aliphatic carbocycles. The van der Waals surface area contributed by atoms with Crippen LogP contribution in [0, 0.1) is 0 Å². The molecule has 1 aromatic rings. The topological polar surface area (TPSA) is 30.5 Å². The van der Waals surface area contributed by atoms with Gasteiger partial charge in [-0.2, -0.15) is 0 Å². The zero-order valence-electron chi connectivity index (χ0n) is 12.3. The van der Waals surface area contributed by atoms with Gasteiger partial charge in [0.25, 0.3) is 0 Å². The highest BCUT2D eigenvalue weighted by Crippen LogP contribution is 2.24. The standard InChI is InChI=1S/C15H24ClNO2/c1-15(2,3)17-8-10-19-9-7-12-5-6-14(18-4)13(16)11-12/h5-6,11,17H,7-10H2,1-4H3. The quantitative estimate of drug-likeness (QED) is 0.780. The minimum Gasteiger partial charge on any atom is -0.495 e. The number of hydrogen-bond donors (Lipinski definition) is 1. The van der Waals surface area contributed by atoms with Crippen LogP contribution in [0.3, 0.4) is 0 Å². The number of halogens is 1. The third kappa shape index (κ3) is 6.81. The Kier molecular flexibility index (Phi) is 6.63. The van der Waals surface area contributed by atoms with E-state index in [4.69, 9.17) is 21.1 Å². The molecule has 108 valence electrons. The third-order valence-corrected chi connectivity index (χ3v) is 2.95. The summed E-state index contributed by atoms with van der Waals surface area (Å²) in [6.07, 6.45) is 0.860. The molecular weight excluding hydrogens is 262 g/mol. The van der Waals surface area contributed by atoms with E-state index in [1.807, 2.05) is 18.2 Å². The Morgan fingerprint density at radius 3 is 2.53 bits per heavy atom. The average molecular weight is 286 g/mol. The van der Waals surface area contributed by atoms with Crippen LogP contribution in [-0.2, 0) is 11.2 Å². The zero-order chi connectivity index (χ0) is 14.3. The van der Waals surface area contributed by atoms with E-state index in [0.29, 0.717) is 17.4 Å². The lowest BCUT2D eigenvalue weighted by Crippen LogP contribution is -2.38. The molecule has 0 aromatic heterocycles. The molecular formula is C15H24ClNO2. The lowest BCUT2D eigenvalue weighted by atomic mass is 10.1. The van der Waals surface area contributed by atoms with Gasteiger partial charge in [-0.1, -0.05) is 17.7 Å². The predicted molar refractivity (Wildman–Crippen MR) is 80.3 cm³/mol. The van der Waals surface area contributed by atoms with E-state index in [9.17, 15) is 0 Å². The monoisotopic (exact) mass is 285 g/mol. The smallest absolute Gasteiger partial charge is 0.137 e. The second-order valence-corrected chi connectivity index (χ2v) is 5.92. The van der Waals surface area contributed by atoms with Gasteiger partial charge in [-0.05, 0) is 44.9 Å². The summed E-state index contributed by atoms with van der Waals surface area (Å²) in [6, 6.07) is 5.83. The number of hydrogen-bond acceptors (Lipinski definition) is 3. The molecule has 0 spiro atoms. The van der Waals surface area contributed by atoms with Crippen LogP contribution < -0.4 is 10.1 Å². The van der Waals surface area contributed by atoms with Crippen molar-refractivity contribution in [2.24, 2.45) is 0 Å². The second kappa shape index (κ2) is 7.73. The van der Waals surface area contributed by atoms with E-state index < -0.39 is 0 Å². The summed E-state index contributed by atoms with van der Waals surface area (Å²) in [4.78, 5) is 0. The van der Waals surface area contributed by atoms with Crippen LogP contribution in [0.4, 0.5) is 0 Å². The molecule has 1 aromatic carbocycles. The van der Waals surface area contributed by atoms with Crippen molar-refractivity contribution >= 4 is 11.6 Å². The molecule has 0 bridgehead atoms. The molecule has 0 heterocycles. The first kappa shape index (κ1) is 16.3. The van der Waals surface area contributed by atoms with Crippen molar-refractivity contribution in [1.82, 2.24) is 5.32 Å². The summed E-state index contributed by atoms with van der Waals surface area (Å²) in [7, 11) is 1.62. The van der Waals surface area contributed by atoms with Crippen LogP contribution in [0.15, 0.2) is 18.2 Å². The van der Waals surface area contributed by atoms with Crippen molar-refractivity contribution in [3.8, 4) is 5.75 Å². The highest BCUT2D eigenvalue weighted by molar-refractivity contribution is 6.32. The van der Waals surface area contributed by atoms with Crippen molar-refractivity contribution < 1.29 is 9.47 Å². The summed E-state index contributed by atoms with van der Waals surface area (Å²) in [5.41, 5.74) is 1.31. The van der Waals surface area contributed by atoms with E-state index in [1.165, 1.54) is 0 Å². The summed E-state index contributed by atoms with van der Waals surface area (Å²) < 4.78 is 10.7. The highest BCUT2D eigenvalue weighted by Gasteiger charge is 2.07. The van der Waals surface area contributed by atoms with E-state index in [0.717, 1.165) is 25.1 Å². The van der Waals surface area contributed by atoms with E-state index in [1.54, 1.807) is 7.11 Å². The molecule has 0 atom stereocenters.